The van der Waals surface area contributed by atoms with Crippen LogP contribution in [0.15, 0.2) is 11.3 Å². The van der Waals surface area contributed by atoms with E-state index in [0.717, 1.165) is 0 Å². The smallest absolute Gasteiger partial charge is 0.355 e. The van der Waals surface area contributed by atoms with E-state index in [1.165, 1.54) is 23.6 Å². The van der Waals surface area contributed by atoms with Crippen molar-refractivity contribution in [2.45, 2.75) is 50.9 Å². The molecule has 2 aliphatic rings. The minimum absolute atomic E-state index is 0.0265. The Labute approximate surface area is 149 Å². The van der Waals surface area contributed by atoms with Gasteiger partial charge in [-0.2, -0.15) is 0 Å². The van der Waals surface area contributed by atoms with Gasteiger partial charge in [0.05, 0.1) is 0 Å². The Morgan fingerprint density at radius 1 is 1.44 bits per heavy atom. The average Bonchev–Trinajstić information content (AvgIpc) is 2.48. The molecule has 0 saturated carbocycles. The Morgan fingerprint density at radius 3 is 2.60 bits per heavy atom. The number of hydrogen-bond donors (Lipinski definition) is 2. The summed E-state index contributed by atoms with van der Waals surface area (Å²) in [5, 5.41) is 1.99. The Balaban J connectivity index is 2.39. The van der Waals surface area contributed by atoms with Crippen LogP contribution < -0.4 is 11.1 Å². The van der Waals surface area contributed by atoms with E-state index >= 15 is 0 Å². The van der Waals surface area contributed by atoms with Crippen molar-refractivity contribution >= 4 is 36.0 Å². The van der Waals surface area contributed by atoms with Crippen LogP contribution in [0.3, 0.4) is 0 Å². The largest absolute Gasteiger partial charge is 0.455 e. The van der Waals surface area contributed by atoms with Crippen molar-refractivity contribution in [1.29, 1.82) is 0 Å². The first-order chi connectivity index (χ1) is 11.6. The molecular weight excluding hydrogens is 350 g/mol. The molecule has 2 rings (SSSR count). The maximum absolute atomic E-state index is 12.6. The normalized spacial score (nSPS) is 24.0. The SMILES string of the molecule is CC(=O)OC(N)C1=C(C(=O)OC(C)(C)C)N2C(=O)[C@H](NC=O)[C@H]2SC1. The van der Waals surface area contributed by atoms with Crippen LogP contribution in [0.2, 0.25) is 0 Å². The predicted molar refractivity (Wildman–Crippen MR) is 88.7 cm³/mol. The first-order valence-electron chi connectivity index (χ1n) is 7.60. The summed E-state index contributed by atoms with van der Waals surface area (Å²) < 4.78 is 10.3. The van der Waals surface area contributed by atoms with Gasteiger partial charge >= 0.3 is 11.9 Å². The van der Waals surface area contributed by atoms with E-state index in [9.17, 15) is 19.2 Å². The molecule has 0 aromatic carbocycles. The van der Waals surface area contributed by atoms with Crippen molar-refractivity contribution < 1.29 is 28.7 Å². The molecule has 3 atom stereocenters. The molecule has 1 unspecified atom stereocenters. The molecule has 25 heavy (non-hydrogen) atoms. The number of β-lactam (4-membered cyclic amide) rings is 1. The third-order valence-electron chi connectivity index (χ3n) is 3.47. The van der Waals surface area contributed by atoms with Gasteiger partial charge in [-0.1, -0.05) is 0 Å². The first-order valence-corrected chi connectivity index (χ1v) is 8.65. The Bertz CT molecular complexity index is 642. The summed E-state index contributed by atoms with van der Waals surface area (Å²) >= 11 is 1.31. The van der Waals surface area contributed by atoms with E-state index < -0.39 is 41.1 Å². The molecule has 3 N–H and O–H groups in total. The number of carbonyl (C=O) groups is 4. The monoisotopic (exact) mass is 371 g/mol. The maximum Gasteiger partial charge on any atom is 0.355 e. The van der Waals surface area contributed by atoms with Crippen molar-refractivity contribution in [2.24, 2.45) is 5.73 Å². The molecule has 1 fully saturated rings. The Morgan fingerprint density at radius 2 is 2.08 bits per heavy atom. The van der Waals surface area contributed by atoms with Crippen LogP contribution in [-0.4, -0.2) is 58.2 Å². The van der Waals surface area contributed by atoms with Gasteiger partial charge in [-0.25, -0.2) is 4.79 Å². The van der Waals surface area contributed by atoms with E-state index in [1.54, 1.807) is 20.8 Å². The van der Waals surface area contributed by atoms with Crippen LogP contribution >= 0.6 is 11.8 Å². The number of carbonyl (C=O) groups excluding carboxylic acids is 4. The second-order valence-corrected chi connectivity index (χ2v) is 7.68. The third kappa shape index (κ3) is 3.96. The number of ether oxygens (including phenoxy) is 2. The van der Waals surface area contributed by atoms with E-state index in [4.69, 9.17) is 15.2 Å². The van der Waals surface area contributed by atoms with Crippen molar-refractivity contribution in [2.75, 3.05) is 5.75 Å². The van der Waals surface area contributed by atoms with E-state index in [-0.39, 0.29) is 11.4 Å². The molecule has 0 aromatic heterocycles. The summed E-state index contributed by atoms with van der Waals surface area (Å²) in [6.07, 6.45) is -0.725. The third-order valence-corrected chi connectivity index (χ3v) is 4.78. The van der Waals surface area contributed by atoms with Crippen LogP contribution in [0.4, 0.5) is 0 Å². The summed E-state index contributed by atoms with van der Waals surface area (Å²) in [5.74, 6) is -1.52. The van der Waals surface area contributed by atoms with Gasteiger partial charge in [0.1, 0.15) is 22.7 Å². The standard InChI is InChI=1S/C15H21N3O6S/c1-7(20)23-11(16)8-5-25-13-9(17-6-19)12(21)18(13)10(8)14(22)24-15(2,3)4/h6,9,11,13H,5,16H2,1-4H3,(H,17,19)/t9-,11?,13+/m0/s1. The maximum atomic E-state index is 12.6. The van der Waals surface area contributed by atoms with Crippen LogP contribution in [0.25, 0.3) is 0 Å². The number of nitrogens with one attached hydrogen (secondary N) is 1. The molecule has 2 amide bonds. The number of rotatable bonds is 5. The fourth-order valence-electron chi connectivity index (χ4n) is 2.52. The fraction of sp³-hybridized carbons (Fsp3) is 0.600. The fourth-order valence-corrected chi connectivity index (χ4v) is 3.92. The summed E-state index contributed by atoms with van der Waals surface area (Å²) in [4.78, 5) is 48.1. The van der Waals surface area contributed by atoms with Gasteiger partial charge < -0.3 is 14.8 Å². The summed E-state index contributed by atoms with van der Waals surface area (Å²) in [7, 11) is 0. The topological polar surface area (TPSA) is 128 Å². The lowest BCUT2D eigenvalue weighted by atomic mass is 10.0. The zero-order chi connectivity index (χ0) is 18.9. The second-order valence-electron chi connectivity index (χ2n) is 6.58. The summed E-state index contributed by atoms with van der Waals surface area (Å²) in [6.45, 7) is 6.29. The van der Waals surface area contributed by atoms with Crippen LogP contribution in [0.1, 0.15) is 27.7 Å². The van der Waals surface area contributed by atoms with Crippen LogP contribution in [-0.2, 0) is 28.7 Å². The van der Waals surface area contributed by atoms with E-state index in [0.29, 0.717) is 12.0 Å². The minimum atomic E-state index is -1.17. The number of amides is 2. The van der Waals surface area contributed by atoms with Gasteiger partial charge in [-0.3, -0.25) is 25.0 Å². The highest BCUT2D eigenvalue weighted by molar-refractivity contribution is 8.00. The Hall–Kier alpha value is -2.07. The van der Waals surface area contributed by atoms with Crippen molar-refractivity contribution in [1.82, 2.24) is 10.2 Å². The van der Waals surface area contributed by atoms with Gasteiger partial charge in [0.2, 0.25) is 6.41 Å². The lowest BCUT2D eigenvalue weighted by molar-refractivity contribution is -0.159. The van der Waals surface area contributed by atoms with Crippen LogP contribution in [0.5, 0.6) is 0 Å². The Kier molecular flexibility index (Phi) is 5.43. The minimum Gasteiger partial charge on any atom is -0.455 e. The summed E-state index contributed by atoms with van der Waals surface area (Å²) in [6, 6.07) is -0.716. The highest BCUT2D eigenvalue weighted by atomic mass is 32.2. The average molecular weight is 371 g/mol. The molecule has 1 saturated heterocycles. The number of fused-ring (bicyclic) bond motifs is 1. The highest BCUT2D eigenvalue weighted by Crippen LogP contribution is 2.41. The summed E-state index contributed by atoms with van der Waals surface area (Å²) in [5.41, 5.74) is 5.37. The molecule has 0 aromatic rings. The molecule has 0 spiro atoms. The van der Waals surface area contributed by atoms with Gasteiger partial charge in [-0.15, -0.1) is 11.8 Å². The molecule has 0 bridgehead atoms. The second kappa shape index (κ2) is 7.04. The highest BCUT2D eigenvalue weighted by Gasteiger charge is 2.54. The van der Waals surface area contributed by atoms with Crippen molar-refractivity contribution in [3.05, 3.63) is 11.3 Å². The molecule has 9 nitrogen and oxygen atoms in total. The molecule has 2 heterocycles. The molecule has 138 valence electrons. The number of nitrogens with zero attached hydrogens (tertiary/aromatic N) is 1. The zero-order valence-electron chi connectivity index (χ0n) is 14.4. The predicted octanol–water partition coefficient (Wildman–Crippen LogP) is -0.540. The van der Waals surface area contributed by atoms with Crippen molar-refractivity contribution in [3.63, 3.8) is 0 Å². The lowest BCUT2D eigenvalue weighted by Crippen LogP contribution is -2.70. The van der Waals surface area contributed by atoms with Gasteiger partial charge in [0.25, 0.3) is 5.91 Å². The zero-order valence-corrected chi connectivity index (χ0v) is 15.2. The molecule has 10 heteroatoms. The number of nitrogens with two attached hydrogens (primary N) is 1. The molecule has 2 aliphatic heterocycles. The number of thioether (sulfide) groups is 1. The van der Waals surface area contributed by atoms with Gasteiger partial charge in [-0.05, 0) is 20.8 Å². The molecule has 0 radical (unpaired) electrons. The van der Waals surface area contributed by atoms with E-state index in [1.807, 2.05) is 0 Å². The molecular formula is C15H21N3O6S. The van der Waals surface area contributed by atoms with Gasteiger partial charge in [0.15, 0.2) is 6.23 Å². The number of esters is 2. The van der Waals surface area contributed by atoms with Crippen molar-refractivity contribution in [3.8, 4) is 0 Å². The van der Waals surface area contributed by atoms with Gasteiger partial charge in [0, 0.05) is 18.2 Å². The van der Waals surface area contributed by atoms with E-state index in [2.05, 4.69) is 5.32 Å². The first kappa shape index (κ1) is 19.3. The number of hydrogen-bond acceptors (Lipinski definition) is 8. The lowest BCUT2D eigenvalue weighted by Gasteiger charge is -2.49. The molecule has 0 aliphatic carbocycles. The quantitative estimate of drug-likeness (QED) is 0.285. The van der Waals surface area contributed by atoms with Crippen LogP contribution in [0, 0.1) is 0 Å².